The number of aromatic amines is 2. The fourth-order valence-electron chi connectivity index (χ4n) is 3.91. The second kappa shape index (κ2) is 5.82. The Kier molecular flexibility index (Phi) is 3.44. The van der Waals surface area contributed by atoms with Crippen LogP contribution in [-0.2, 0) is 11.2 Å². The van der Waals surface area contributed by atoms with Gasteiger partial charge in [0.2, 0.25) is 5.91 Å². The predicted octanol–water partition coefficient (Wildman–Crippen LogP) is 1.35. The number of H-pyrrole nitrogens is 2. The third-order valence-corrected chi connectivity index (χ3v) is 5.53. The van der Waals surface area contributed by atoms with E-state index in [1.165, 1.54) is 12.8 Å². The fraction of sp³-hybridized carbons (Fsp3) is 0.444. The number of aromatic nitrogens is 5. The van der Waals surface area contributed by atoms with Gasteiger partial charge in [0.15, 0.2) is 0 Å². The Morgan fingerprint density at radius 3 is 2.92 bits per heavy atom. The van der Waals surface area contributed by atoms with Gasteiger partial charge in [-0.05, 0) is 18.9 Å². The average molecular weight is 351 g/mol. The molecule has 1 amide bonds. The van der Waals surface area contributed by atoms with E-state index >= 15 is 0 Å². The third kappa shape index (κ3) is 2.71. The second-order valence-electron chi connectivity index (χ2n) is 7.43. The minimum atomic E-state index is 0.164. The van der Waals surface area contributed by atoms with Crippen LogP contribution in [0.5, 0.6) is 0 Å². The quantitative estimate of drug-likeness (QED) is 0.743. The first-order valence-electron chi connectivity index (χ1n) is 9.01. The molecule has 2 fully saturated rings. The predicted molar refractivity (Wildman–Crippen MR) is 96.6 cm³/mol. The monoisotopic (exact) mass is 351 g/mol. The molecular formula is C18H21N7O. The van der Waals surface area contributed by atoms with Crippen LogP contribution in [0.4, 0.5) is 5.82 Å². The molecule has 1 saturated heterocycles. The zero-order valence-corrected chi connectivity index (χ0v) is 14.5. The molecule has 5 rings (SSSR count). The van der Waals surface area contributed by atoms with Gasteiger partial charge in [0.25, 0.3) is 0 Å². The number of amides is 1. The summed E-state index contributed by atoms with van der Waals surface area (Å²) in [6, 6.07) is 2.02. The van der Waals surface area contributed by atoms with Gasteiger partial charge >= 0.3 is 0 Å². The largest absolute Gasteiger partial charge is 0.354 e. The van der Waals surface area contributed by atoms with Crippen molar-refractivity contribution in [2.45, 2.75) is 19.3 Å². The number of nitrogens with zero attached hydrogens (tertiary/aromatic N) is 5. The van der Waals surface area contributed by atoms with Crippen LogP contribution in [0, 0.1) is 5.41 Å². The molecule has 3 aromatic heterocycles. The molecule has 1 saturated carbocycles. The summed E-state index contributed by atoms with van der Waals surface area (Å²) in [4.78, 5) is 36.1. The van der Waals surface area contributed by atoms with E-state index in [1.807, 2.05) is 17.2 Å². The molecule has 4 heterocycles. The Balaban J connectivity index is 1.39. The molecule has 0 unspecified atom stereocenters. The standard InChI is InChI=1S/C18H21N7O/c26-15(7-13-8-19-11-21-13)24-5-6-25(10-18(9-24)2-3-18)17-14-1-4-20-16(14)22-12-23-17/h1,4,8,11-12H,2-3,5-7,9-10H2,(H,19,21)(H,20,22,23). The highest BCUT2D eigenvalue weighted by Gasteiger charge is 2.47. The summed E-state index contributed by atoms with van der Waals surface area (Å²) in [5, 5.41) is 1.04. The summed E-state index contributed by atoms with van der Waals surface area (Å²) in [6.07, 6.45) is 9.56. The molecule has 2 aliphatic rings. The van der Waals surface area contributed by atoms with E-state index in [-0.39, 0.29) is 11.3 Å². The normalized spacial score (nSPS) is 19.1. The highest BCUT2D eigenvalue weighted by Crippen LogP contribution is 2.48. The number of anilines is 1. The van der Waals surface area contributed by atoms with Gasteiger partial charge in [0.1, 0.15) is 17.8 Å². The van der Waals surface area contributed by atoms with Gasteiger partial charge in [-0.3, -0.25) is 4.79 Å². The van der Waals surface area contributed by atoms with Crippen molar-refractivity contribution in [2.24, 2.45) is 5.41 Å². The highest BCUT2D eigenvalue weighted by molar-refractivity contribution is 5.87. The molecule has 0 bridgehead atoms. The van der Waals surface area contributed by atoms with E-state index in [0.717, 1.165) is 42.2 Å². The molecule has 1 spiro atoms. The summed E-state index contributed by atoms with van der Waals surface area (Å²) in [5.74, 6) is 1.13. The van der Waals surface area contributed by atoms with Crippen LogP contribution in [0.25, 0.3) is 11.0 Å². The molecule has 0 radical (unpaired) electrons. The lowest BCUT2D eigenvalue weighted by atomic mass is 10.1. The van der Waals surface area contributed by atoms with E-state index in [9.17, 15) is 4.79 Å². The Labute approximate surface area is 150 Å². The Hall–Kier alpha value is -2.90. The zero-order valence-electron chi connectivity index (χ0n) is 14.5. The van der Waals surface area contributed by atoms with E-state index in [1.54, 1.807) is 18.9 Å². The molecule has 1 aliphatic carbocycles. The lowest BCUT2D eigenvalue weighted by Gasteiger charge is -2.25. The second-order valence-corrected chi connectivity index (χ2v) is 7.43. The van der Waals surface area contributed by atoms with Gasteiger partial charge in [0.05, 0.1) is 18.1 Å². The van der Waals surface area contributed by atoms with Crippen molar-refractivity contribution >= 4 is 22.8 Å². The Morgan fingerprint density at radius 2 is 2.12 bits per heavy atom. The van der Waals surface area contributed by atoms with Crippen LogP contribution in [0.15, 0.2) is 31.1 Å². The number of fused-ring (bicyclic) bond motifs is 1. The van der Waals surface area contributed by atoms with E-state index < -0.39 is 0 Å². The Morgan fingerprint density at radius 1 is 1.19 bits per heavy atom. The van der Waals surface area contributed by atoms with Crippen molar-refractivity contribution < 1.29 is 4.79 Å². The van der Waals surface area contributed by atoms with Crippen LogP contribution in [0.3, 0.4) is 0 Å². The number of hydrogen-bond acceptors (Lipinski definition) is 5. The van der Waals surface area contributed by atoms with Crippen molar-refractivity contribution in [2.75, 3.05) is 31.1 Å². The maximum Gasteiger partial charge on any atom is 0.228 e. The van der Waals surface area contributed by atoms with E-state index in [4.69, 9.17) is 0 Å². The van der Waals surface area contributed by atoms with Gasteiger partial charge in [-0.25, -0.2) is 15.0 Å². The van der Waals surface area contributed by atoms with Crippen LogP contribution in [0.1, 0.15) is 18.5 Å². The summed E-state index contributed by atoms with van der Waals surface area (Å²) < 4.78 is 0. The van der Waals surface area contributed by atoms with Crippen LogP contribution in [0.2, 0.25) is 0 Å². The van der Waals surface area contributed by atoms with Crippen molar-refractivity contribution in [1.29, 1.82) is 0 Å². The molecule has 0 aromatic carbocycles. The molecule has 8 nitrogen and oxygen atoms in total. The number of rotatable bonds is 3. The smallest absolute Gasteiger partial charge is 0.228 e. The summed E-state index contributed by atoms with van der Waals surface area (Å²) in [7, 11) is 0. The van der Waals surface area contributed by atoms with Gasteiger partial charge in [-0.2, -0.15) is 0 Å². The first-order chi connectivity index (χ1) is 12.7. The first kappa shape index (κ1) is 15.4. The van der Waals surface area contributed by atoms with Crippen molar-refractivity contribution in [1.82, 2.24) is 29.8 Å². The summed E-state index contributed by atoms with van der Waals surface area (Å²) >= 11 is 0. The molecule has 2 N–H and O–H groups in total. The molecular weight excluding hydrogens is 330 g/mol. The molecule has 26 heavy (non-hydrogen) atoms. The lowest BCUT2D eigenvalue weighted by Crippen LogP contribution is -2.37. The summed E-state index contributed by atoms with van der Waals surface area (Å²) in [6.45, 7) is 3.27. The van der Waals surface area contributed by atoms with Gasteiger partial charge in [-0.1, -0.05) is 0 Å². The molecule has 3 aromatic rings. The van der Waals surface area contributed by atoms with Crippen molar-refractivity contribution in [3.63, 3.8) is 0 Å². The van der Waals surface area contributed by atoms with Crippen molar-refractivity contribution in [3.8, 4) is 0 Å². The number of imidazole rings is 1. The minimum Gasteiger partial charge on any atom is -0.354 e. The fourth-order valence-corrected chi connectivity index (χ4v) is 3.91. The SMILES string of the molecule is O=C(Cc1cnc[nH]1)N1CCN(c2ncnc3[nH]ccc23)CC2(CC2)C1. The Bertz CT molecular complexity index is 928. The number of carbonyl (C=O) groups excluding carboxylic acids is 1. The van der Waals surface area contributed by atoms with Crippen LogP contribution >= 0.6 is 0 Å². The highest BCUT2D eigenvalue weighted by atomic mass is 16.2. The maximum absolute atomic E-state index is 12.8. The van der Waals surface area contributed by atoms with Crippen LogP contribution < -0.4 is 4.90 Å². The summed E-state index contributed by atoms with van der Waals surface area (Å²) in [5.41, 5.74) is 1.93. The third-order valence-electron chi connectivity index (χ3n) is 5.53. The van der Waals surface area contributed by atoms with E-state index in [2.05, 4.69) is 29.8 Å². The maximum atomic E-state index is 12.8. The average Bonchev–Trinajstić information content (AvgIpc) is 3.04. The van der Waals surface area contributed by atoms with Crippen molar-refractivity contribution in [3.05, 3.63) is 36.8 Å². The number of carbonyl (C=O) groups is 1. The van der Waals surface area contributed by atoms with Gasteiger partial charge in [-0.15, -0.1) is 0 Å². The number of hydrogen-bond donors (Lipinski definition) is 2. The molecule has 0 atom stereocenters. The lowest BCUT2D eigenvalue weighted by molar-refractivity contribution is -0.130. The zero-order chi connectivity index (χ0) is 17.6. The molecule has 1 aliphatic heterocycles. The topological polar surface area (TPSA) is 93.8 Å². The van der Waals surface area contributed by atoms with Crippen LogP contribution in [-0.4, -0.2) is 61.9 Å². The van der Waals surface area contributed by atoms with E-state index in [0.29, 0.717) is 13.0 Å². The molecule has 134 valence electrons. The number of nitrogens with one attached hydrogen (secondary N) is 2. The first-order valence-corrected chi connectivity index (χ1v) is 9.01. The van der Waals surface area contributed by atoms with Gasteiger partial charge in [0, 0.05) is 49.7 Å². The molecule has 8 heteroatoms. The van der Waals surface area contributed by atoms with Gasteiger partial charge < -0.3 is 19.8 Å². The minimum absolute atomic E-state index is 0.164.